The molecule has 0 aromatic heterocycles. The maximum absolute atomic E-state index is 14.1. The van der Waals surface area contributed by atoms with E-state index in [0.717, 1.165) is 40.7 Å². The highest BCUT2D eigenvalue weighted by molar-refractivity contribution is 6.01. The lowest BCUT2D eigenvalue weighted by Crippen LogP contribution is -2.46. The molecular weight excluding hydrogens is 510 g/mol. The van der Waals surface area contributed by atoms with Crippen LogP contribution in [0.3, 0.4) is 0 Å². The molecule has 1 unspecified atom stereocenters. The number of aryl methyl sites for hydroxylation is 1. The fourth-order valence-corrected chi connectivity index (χ4v) is 6.26. The van der Waals surface area contributed by atoms with Gasteiger partial charge in [-0.15, -0.1) is 0 Å². The highest BCUT2D eigenvalue weighted by atomic mass is 16.2. The van der Waals surface area contributed by atoms with Crippen LogP contribution in [0.25, 0.3) is 11.1 Å². The van der Waals surface area contributed by atoms with E-state index in [1.54, 1.807) is 6.07 Å². The molecule has 0 saturated carbocycles. The normalized spacial score (nSPS) is 17.2. The second-order valence-corrected chi connectivity index (χ2v) is 12.7. The van der Waals surface area contributed by atoms with Crippen LogP contribution in [0.1, 0.15) is 73.5 Å². The van der Waals surface area contributed by atoms with Crippen molar-refractivity contribution in [3.63, 3.8) is 0 Å². The summed E-state index contributed by atoms with van der Waals surface area (Å²) in [5.74, 6) is -0.197. The van der Waals surface area contributed by atoms with Crippen molar-refractivity contribution in [2.75, 3.05) is 19.6 Å². The standard InChI is InChI=1S/C35H41N3O3/c1-24-12-11-13-25(22-24)31(39)37-30-18-21-38(32(30)40)20-10-9-19-35(33(41)36-23-34(2,3)4)28-16-7-5-14-26(28)27-15-6-8-17-29(27)35/h5-8,11-17,22,30H,9-10,18-21,23H2,1-4H3,(H,36,41)(H,37,39). The van der Waals surface area contributed by atoms with Gasteiger partial charge >= 0.3 is 0 Å². The van der Waals surface area contributed by atoms with Gasteiger partial charge in [0, 0.05) is 25.2 Å². The molecule has 1 aliphatic carbocycles. The third-order valence-electron chi connectivity index (χ3n) is 8.34. The maximum atomic E-state index is 14.1. The Bertz CT molecular complexity index is 1410. The van der Waals surface area contributed by atoms with E-state index in [0.29, 0.717) is 38.0 Å². The van der Waals surface area contributed by atoms with Crippen molar-refractivity contribution in [2.45, 2.75) is 64.8 Å². The van der Waals surface area contributed by atoms with E-state index in [2.05, 4.69) is 55.7 Å². The van der Waals surface area contributed by atoms with Gasteiger partial charge in [-0.1, -0.05) is 87.0 Å². The topological polar surface area (TPSA) is 78.5 Å². The summed E-state index contributed by atoms with van der Waals surface area (Å²) >= 11 is 0. The van der Waals surface area contributed by atoms with Gasteiger partial charge in [0.05, 0.1) is 0 Å². The second kappa shape index (κ2) is 11.5. The number of unbranched alkanes of at least 4 members (excludes halogenated alkanes) is 1. The van der Waals surface area contributed by atoms with Gasteiger partial charge in [-0.05, 0) is 72.4 Å². The number of hydrogen-bond donors (Lipinski definition) is 2. The lowest BCUT2D eigenvalue weighted by molar-refractivity contribution is -0.129. The van der Waals surface area contributed by atoms with Crippen LogP contribution in [-0.4, -0.2) is 48.3 Å². The summed E-state index contributed by atoms with van der Waals surface area (Å²) in [5, 5.41) is 6.20. The molecule has 1 saturated heterocycles. The smallest absolute Gasteiger partial charge is 0.251 e. The number of amides is 3. The Morgan fingerprint density at radius 1 is 0.927 bits per heavy atom. The molecule has 3 amide bonds. The Balaban J connectivity index is 1.27. The molecule has 5 rings (SSSR count). The summed E-state index contributed by atoms with van der Waals surface area (Å²) in [6.45, 7) is 10.1. The third-order valence-corrected chi connectivity index (χ3v) is 8.34. The van der Waals surface area contributed by atoms with Crippen LogP contribution < -0.4 is 10.6 Å². The number of nitrogens with zero attached hydrogens (tertiary/aromatic N) is 1. The molecule has 1 aliphatic heterocycles. The zero-order valence-electron chi connectivity index (χ0n) is 24.6. The zero-order chi connectivity index (χ0) is 29.2. The number of carbonyl (C=O) groups is 3. The van der Waals surface area contributed by atoms with Gasteiger partial charge in [-0.3, -0.25) is 14.4 Å². The van der Waals surface area contributed by atoms with E-state index < -0.39 is 11.5 Å². The first-order chi connectivity index (χ1) is 19.6. The van der Waals surface area contributed by atoms with E-state index in [-0.39, 0.29) is 23.1 Å². The Morgan fingerprint density at radius 3 is 2.22 bits per heavy atom. The van der Waals surface area contributed by atoms with Crippen molar-refractivity contribution >= 4 is 17.7 Å². The van der Waals surface area contributed by atoms with Crippen molar-refractivity contribution in [2.24, 2.45) is 5.41 Å². The van der Waals surface area contributed by atoms with Gasteiger partial charge in [0.2, 0.25) is 11.8 Å². The summed E-state index contributed by atoms with van der Waals surface area (Å²) in [7, 11) is 0. The summed E-state index contributed by atoms with van der Waals surface area (Å²) in [6, 6.07) is 23.4. The molecule has 0 spiro atoms. The van der Waals surface area contributed by atoms with Crippen LogP contribution in [0, 0.1) is 12.3 Å². The average Bonchev–Trinajstić information content (AvgIpc) is 3.44. The Morgan fingerprint density at radius 2 is 1.59 bits per heavy atom. The van der Waals surface area contributed by atoms with Gasteiger partial charge in [-0.2, -0.15) is 0 Å². The fraction of sp³-hybridized carbons (Fsp3) is 0.400. The molecule has 1 atom stereocenters. The largest absolute Gasteiger partial charge is 0.355 e. The molecule has 41 heavy (non-hydrogen) atoms. The van der Waals surface area contributed by atoms with Crippen LogP contribution in [0.5, 0.6) is 0 Å². The second-order valence-electron chi connectivity index (χ2n) is 12.7. The van der Waals surface area contributed by atoms with Gasteiger partial charge in [-0.25, -0.2) is 0 Å². The van der Waals surface area contributed by atoms with Crippen molar-refractivity contribution in [1.29, 1.82) is 0 Å². The van der Waals surface area contributed by atoms with E-state index >= 15 is 0 Å². The highest BCUT2D eigenvalue weighted by Gasteiger charge is 2.48. The molecule has 1 heterocycles. The van der Waals surface area contributed by atoms with Gasteiger partial charge < -0.3 is 15.5 Å². The van der Waals surface area contributed by atoms with Crippen molar-refractivity contribution in [3.05, 3.63) is 95.1 Å². The zero-order valence-corrected chi connectivity index (χ0v) is 24.6. The SMILES string of the molecule is Cc1cccc(C(=O)NC2CCN(CCCCC3(C(=O)NCC(C)(C)C)c4ccccc4-c4ccccc43)C2=O)c1. The first-order valence-electron chi connectivity index (χ1n) is 14.7. The van der Waals surface area contributed by atoms with Crippen LogP contribution in [0.2, 0.25) is 0 Å². The molecule has 2 aliphatic rings. The van der Waals surface area contributed by atoms with Crippen molar-refractivity contribution in [3.8, 4) is 11.1 Å². The fourth-order valence-electron chi connectivity index (χ4n) is 6.26. The Hall–Kier alpha value is -3.93. The lowest BCUT2D eigenvalue weighted by atomic mass is 9.73. The Labute approximate surface area is 243 Å². The molecule has 2 N–H and O–H groups in total. The number of carbonyl (C=O) groups excluding carboxylic acids is 3. The Kier molecular flexibility index (Phi) is 8.03. The summed E-state index contributed by atoms with van der Waals surface area (Å²) < 4.78 is 0. The number of benzene rings is 3. The minimum absolute atomic E-state index is 0.0276. The number of fused-ring (bicyclic) bond motifs is 3. The summed E-state index contributed by atoms with van der Waals surface area (Å²) in [6.07, 6.45) is 2.83. The highest BCUT2D eigenvalue weighted by Crippen LogP contribution is 2.51. The number of rotatable bonds is 9. The summed E-state index contributed by atoms with van der Waals surface area (Å²) in [5.41, 5.74) is 5.14. The predicted molar refractivity (Wildman–Crippen MR) is 163 cm³/mol. The average molecular weight is 552 g/mol. The van der Waals surface area contributed by atoms with E-state index in [4.69, 9.17) is 0 Å². The minimum Gasteiger partial charge on any atom is -0.355 e. The van der Waals surface area contributed by atoms with Gasteiger partial charge in [0.1, 0.15) is 11.5 Å². The van der Waals surface area contributed by atoms with Gasteiger partial charge in [0.25, 0.3) is 5.91 Å². The van der Waals surface area contributed by atoms with Crippen LogP contribution in [0.4, 0.5) is 0 Å². The predicted octanol–water partition coefficient (Wildman–Crippen LogP) is 5.63. The van der Waals surface area contributed by atoms with Crippen LogP contribution in [0.15, 0.2) is 72.8 Å². The number of nitrogens with one attached hydrogen (secondary N) is 2. The lowest BCUT2D eigenvalue weighted by Gasteiger charge is -2.32. The molecule has 6 heteroatoms. The molecule has 3 aromatic rings. The van der Waals surface area contributed by atoms with Crippen molar-refractivity contribution in [1.82, 2.24) is 15.5 Å². The molecule has 6 nitrogen and oxygen atoms in total. The quantitative estimate of drug-likeness (QED) is 0.339. The minimum atomic E-state index is -0.766. The molecule has 214 valence electrons. The van der Waals surface area contributed by atoms with E-state index in [9.17, 15) is 14.4 Å². The van der Waals surface area contributed by atoms with Crippen LogP contribution >= 0.6 is 0 Å². The first kappa shape index (κ1) is 28.6. The molecule has 1 fully saturated rings. The summed E-state index contributed by atoms with van der Waals surface area (Å²) in [4.78, 5) is 41.8. The number of likely N-dealkylation sites (tertiary alicyclic amines) is 1. The number of hydrogen-bond acceptors (Lipinski definition) is 3. The van der Waals surface area contributed by atoms with Crippen LogP contribution in [-0.2, 0) is 15.0 Å². The van der Waals surface area contributed by atoms with Crippen molar-refractivity contribution < 1.29 is 14.4 Å². The third kappa shape index (κ3) is 5.79. The molecule has 0 radical (unpaired) electrons. The monoisotopic (exact) mass is 551 g/mol. The molecule has 0 bridgehead atoms. The van der Waals surface area contributed by atoms with Gasteiger partial charge in [0.15, 0.2) is 0 Å². The van der Waals surface area contributed by atoms with E-state index in [1.165, 1.54) is 0 Å². The maximum Gasteiger partial charge on any atom is 0.251 e. The molecular formula is C35H41N3O3. The van der Waals surface area contributed by atoms with E-state index in [1.807, 2.05) is 54.3 Å². The first-order valence-corrected chi connectivity index (χ1v) is 14.7. The molecule has 3 aromatic carbocycles.